The normalized spacial score (nSPS) is 12.2. The molecule has 4 nitrogen and oxygen atoms in total. The topological polar surface area (TPSA) is 50.7 Å². The molecule has 1 aromatic rings. The van der Waals surface area contributed by atoms with Crippen LogP contribution in [0, 0.1) is 0 Å². The second-order valence-corrected chi connectivity index (χ2v) is 3.80. The lowest BCUT2D eigenvalue weighted by molar-refractivity contribution is 0.241. The van der Waals surface area contributed by atoms with Gasteiger partial charge in [-0.1, -0.05) is 6.92 Å². The van der Waals surface area contributed by atoms with Gasteiger partial charge in [0.25, 0.3) is 0 Å². The Bertz CT molecular complexity index is 341. The minimum absolute atomic E-state index is 0.0313. The van der Waals surface area contributed by atoms with Crippen molar-refractivity contribution in [3.05, 3.63) is 23.8 Å². The molecule has 0 bridgehead atoms. The van der Waals surface area contributed by atoms with Gasteiger partial charge in [0.2, 0.25) is 0 Å². The molecule has 4 heteroatoms. The van der Waals surface area contributed by atoms with E-state index in [1.54, 1.807) is 14.2 Å². The third-order valence-corrected chi connectivity index (χ3v) is 2.64. The summed E-state index contributed by atoms with van der Waals surface area (Å²) in [7, 11) is 3.25. The average Bonchev–Trinajstić information content (AvgIpc) is 2.39. The van der Waals surface area contributed by atoms with E-state index >= 15 is 0 Å². The van der Waals surface area contributed by atoms with Gasteiger partial charge in [-0.3, -0.25) is 0 Å². The van der Waals surface area contributed by atoms with Crippen molar-refractivity contribution < 1.29 is 14.6 Å². The van der Waals surface area contributed by atoms with E-state index < -0.39 is 0 Å². The van der Waals surface area contributed by atoms with E-state index in [0.717, 1.165) is 30.0 Å². The zero-order valence-corrected chi connectivity index (χ0v) is 10.7. The Balaban J connectivity index is 2.97. The number of ether oxygens (including phenoxy) is 2. The van der Waals surface area contributed by atoms with Crippen LogP contribution >= 0.6 is 0 Å². The van der Waals surface area contributed by atoms with Gasteiger partial charge < -0.3 is 19.9 Å². The lowest BCUT2D eigenvalue weighted by atomic mass is 10.1. The van der Waals surface area contributed by atoms with E-state index in [1.165, 1.54) is 0 Å². The number of aliphatic hydroxyl groups is 1. The molecule has 0 fully saturated rings. The first kappa shape index (κ1) is 13.8. The van der Waals surface area contributed by atoms with Gasteiger partial charge in [-0.2, -0.15) is 0 Å². The van der Waals surface area contributed by atoms with Crippen molar-refractivity contribution in [2.45, 2.75) is 19.4 Å². The summed E-state index contributed by atoms with van der Waals surface area (Å²) < 4.78 is 10.5. The molecule has 0 saturated heterocycles. The number of benzene rings is 1. The predicted octanol–water partition coefficient (Wildman–Crippen LogP) is 1.74. The zero-order valence-electron chi connectivity index (χ0n) is 10.7. The summed E-state index contributed by atoms with van der Waals surface area (Å²) in [6.07, 6.45) is 1.02. The molecule has 1 rings (SSSR count). The Morgan fingerprint density at radius 3 is 2.59 bits per heavy atom. The Morgan fingerprint density at radius 1 is 1.29 bits per heavy atom. The lowest BCUT2D eigenvalue weighted by Gasteiger charge is -2.19. The average molecular weight is 239 g/mol. The number of hydrogen-bond acceptors (Lipinski definition) is 4. The largest absolute Gasteiger partial charge is 0.497 e. The highest BCUT2D eigenvalue weighted by Gasteiger charge is 2.15. The Kier molecular flexibility index (Phi) is 5.80. The molecule has 2 N–H and O–H groups in total. The first-order valence-corrected chi connectivity index (χ1v) is 5.83. The molecule has 96 valence electrons. The number of hydrogen-bond donors (Lipinski definition) is 2. The maximum absolute atomic E-state index is 9.43. The molecule has 0 amide bonds. The number of rotatable bonds is 7. The number of nitrogens with one attached hydrogen (secondary N) is 1. The number of methoxy groups -OCH3 is 2. The molecule has 0 heterocycles. The maximum atomic E-state index is 9.43. The fraction of sp³-hybridized carbons (Fsp3) is 0.538. The smallest absolute Gasteiger partial charge is 0.123 e. The molecule has 0 saturated carbocycles. The van der Waals surface area contributed by atoms with E-state index in [2.05, 4.69) is 12.2 Å². The van der Waals surface area contributed by atoms with Gasteiger partial charge in [0, 0.05) is 5.56 Å². The van der Waals surface area contributed by atoms with Crippen molar-refractivity contribution in [1.82, 2.24) is 5.32 Å². The molecule has 1 atom stereocenters. The molecule has 0 aliphatic rings. The molecular weight excluding hydrogens is 218 g/mol. The standard InChI is InChI=1S/C13H21NO3/c1-4-7-14-12(9-15)11-8-10(16-2)5-6-13(11)17-3/h5-6,8,12,14-15H,4,7,9H2,1-3H3. The Hall–Kier alpha value is -1.26. The second kappa shape index (κ2) is 7.14. The summed E-state index contributed by atoms with van der Waals surface area (Å²) in [4.78, 5) is 0. The summed E-state index contributed by atoms with van der Waals surface area (Å²) >= 11 is 0. The van der Waals surface area contributed by atoms with Gasteiger partial charge in [0.1, 0.15) is 11.5 Å². The molecule has 0 radical (unpaired) electrons. The quantitative estimate of drug-likeness (QED) is 0.761. The molecule has 1 unspecified atom stereocenters. The highest BCUT2D eigenvalue weighted by Crippen LogP contribution is 2.29. The van der Waals surface area contributed by atoms with Crippen LogP contribution in [0.3, 0.4) is 0 Å². The third-order valence-electron chi connectivity index (χ3n) is 2.64. The van der Waals surface area contributed by atoms with Crippen molar-refractivity contribution in [3.8, 4) is 11.5 Å². The first-order chi connectivity index (χ1) is 8.26. The van der Waals surface area contributed by atoms with Gasteiger partial charge in [-0.05, 0) is 31.2 Å². The van der Waals surface area contributed by atoms with Crippen LogP contribution < -0.4 is 14.8 Å². The molecule has 17 heavy (non-hydrogen) atoms. The predicted molar refractivity (Wildman–Crippen MR) is 67.7 cm³/mol. The van der Waals surface area contributed by atoms with Gasteiger partial charge in [0.05, 0.1) is 26.9 Å². The summed E-state index contributed by atoms with van der Waals surface area (Å²) in [5, 5.41) is 12.7. The lowest BCUT2D eigenvalue weighted by Crippen LogP contribution is -2.25. The van der Waals surface area contributed by atoms with Gasteiger partial charge in [0.15, 0.2) is 0 Å². The van der Waals surface area contributed by atoms with E-state index in [4.69, 9.17) is 9.47 Å². The fourth-order valence-electron chi connectivity index (χ4n) is 1.70. The molecular formula is C13H21NO3. The van der Waals surface area contributed by atoms with Crippen LogP contribution in [0.5, 0.6) is 11.5 Å². The summed E-state index contributed by atoms with van der Waals surface area (Å²) in [6.45, 7) is 2.97. The SMILES string of the molecule is CCCNC(CO)c1cc(OC)ccc1OC. The van der Waals surface area contributed by atoms with Gasteiger partial charge in [-0.25, -0.2) is 0 Å². The molecule has 0 aliphatic carbocycles. The first-order valence-electron chi connectivity index (χ1n) is 5.83. The second-order valence-electron chi connectivity index (χ2n) is 3.80. The van der Waals surface area contributed by atoms with Crippen molar-refractivity contribution in [1.29, 1.82) is 0 Å². The van der Waals surface area contributed by atoms with Crippen LogP contribution in [0.25, 0.3) is 0 Å². The number of aliphatic hydroxyl groups excluding tert-OH is 1. The monoisotopic (exact) mass is 239 g/mol. The third kappa shape index (κ3) is 3.61. The van der Waals surface area contributed by atoms with Crippen molar-refractivity contribution in [3.63, 3.8) is 0 Å². The van der Waals surface area contributed by atoms with Crippen LogP contribution in [0.1, 0.15) is 24.9 Å². The summed E-state index contributed by atoms with van der Waals surface area (Å²) in [5.74, 6) is 1.52. The van der Waals surface area contributed by atoms with Crippen molar-refractivity contribution in [2.24, 2.45) is 0 Å². The van der Waals surface area contributed by atoms with Crippen LogP contribution in [0.15, 0.2) is 18.2 Å². The van der Waals surface area contributed by atoms with E-state index in [9.17, 15) is 5.11 Å². The van der Waals surface area contributed by atoms with Crippen LogP contribution in [0.4, 0.5) is 0 Å². The highest BCUT2D eigenvalue weighted by atomic mass is 16.5. The summed E-state index contributed by atoms with van der Waals surface area (Å²) in [6, 6.07) is 5.46. The Labute approximate surface area is 103 Å². The van der Waals surface area contributed by atoms with Gasteiger partial charge in [-0.15, -0.1) is 0 Å². The maximum Gasteiger partial charge on any atom is 0.123 e. The molecule has 0 aliphatic heterocycles. The van der Waals surface area contributed by atoms with Crippen LogP contribution in [-0.4, -0.2) is 32.5 Å². The summed E-state index contributed by atoms with van der Waals surface area (Å²) in [5.41, 5.74) is 0.919. The van der Waals surface area contributed by atoms with Gasteiger partial charge >= 0.3 is 0 Å². The van der Waals surface area contributed by atoms with Crippen molar-refractivity contribution >= 4 is 0 Å². The van der Waals surface area contributed by atoms with E-state index in [0.29, 0.717) is 0 Å². The highest BCUT2D eigenvalue weighted by molar-refractivity contribution is 5.42. The fourth-order valence-corrected chi connectivity index (χ4v) is 1.70. The molecule has 0 spiro atoms. The Morgan fingerprint density at radius 2 is 2.06 bits per heavy atom. The van der Waals surface area contributed by atoms with E-state index in [-0.39, 0.29) is 12.6 Å². The van der Waals surface area contributed by atoms with E-state index in [1.807, 2.05) is 18.2 Å². The van der Waals surface area contributed by atoms with Crippen molar-refractivity contribution in [2.75, 3.05) is 27.4 Å². The van der Waals surface area contributed by atoms with Crippen LogP contribution in [0.2, 0.25) is 0 Å². The minimum atomic E-state index is -0.125. The molecule has 0 aromatic heterocycles. The van der Waals surface area contributed by atoms with Crippen LogP contribution in [-0.2, 0) is 0 Å². The zero-order chi connectivity index (χ0) is 12.7. The molecule has 1 aromatic carbocycles. The minimum Gasteiger partial charge on any atom is -0.497 e.